The molecule has 0 bridgehead atoms. The van der Waals surface area contributed by atoms with Gasteiger partial charge in [-0.25, -0.2) is 0 Å². The highest BCUT2D eigenvalue weighted by atomic mass is 16.5. The summed E-state index contributed by atoms with van der Waals surface area (Å²) in [5.74, 6) is -0.304. The summed E-state index contributed by atoms with van der Waals surface area (Å²) in [6.07, 6.45) is 1.67. The second-order valence-electron chi connectivity index (χ2n) is 2.01. The van der Waals surface area contributed by atoms with Crippen molar-refractivity contribution in [3.63, 3.8) is 0 Å². The number of hydrogen-bond acceptors (Lipinski definition) is 3. The summed E-state index contributed by atoms with van der Waals surface area (Å²) < 4.78 is 4.59. The molecule has 10 heavy (non-hydrogen) atoms. The number of aliphatic hydroxyl groups excluding tert-OH is 1. The molecule has 0 saturated heterocycles. The number of carbonyl (C=O) groups is 1. The second kappa shape index (κ2) is 4.99. The monoisotopic (exact) mass is 144 g/mol. The van der Waals surface area contributed by atoms with E-state index in [2.05, 4.69) is 4.74 Å². The lowest BCUT2D eigenvalue weighted by Crippen LogP contribution is -1.99. The van der Waals surface area contributed by atoms with Gasteiger partial charge in [-0.15, -0.1) is 0 Å². The van der Waals surface area contributed by atoms with Gasteiger partial charge in [-0.05, 0) is 18.6 Å². The molecule has 0 fully saturated rings. The van der Waals surface area contributed by atoms with Crippen LogP contribution in [0, 0.1) is 0 Å². The van der Waals surface area contributed by atoms with Gasteiger partial charge >= 0.3 is 5.97 Å². The molecule has 3 heteroatoms. The van der Waals surface area contributed by atoms with Crippen LogP contribution in [0.25, 0.3) is 0 Å². The van der Waals surface area contributed by atoms with Crippen LogP contribution in [0.2, 0.25) is 0 Å². The fraction of sp³-hybridized carbons (Fsp3) is 0.571. The van der Waals surface area contributed by atoms with Crippen molar-refractivity contribution in [2.45, 2.75) is 13.8 Å². The largest absolute Gasteiger partial charge is 0.462 e. The van der Waals surface area contributed by atoms with E-state index in [0.29, 0.717) is 0 Å². The number of esters is 1. The minimum Gasteiger partial charge on any atom is -0.462 e. The molecule has 0 aromatic rings. The van der Waals surface area contributed by atoms with Crippen molar-refractivity contribution in [3.05, 3.63) is 11.6 Å². The predicted molar refractivity (Wildman–Crippen MR) is 37.5 cm³/mol. The molecule has 0 aliphatic carbocycles. The molecule has 0 aliphatic heterocycles. The zero-order chi connectivity index (χ0) is 7.98. The third-order valence-electron chi connectivity index (χ3n) is 0.968. The van der Waals surface area contributed by atoms with E-state index in [-0.39, 0.29) is 19.2 Å². The smallest absolute Gasteiger partial charge is 0.302 e. The quantitative estimate of drug-likeness (QED) is 0.463. The van der Waals surface area contributed by atoms with E-state index in [4.69, 9.17) is 5.11 Å². The molecule has 0 aromatic heterocycles. The first-order valence-corrected chi connectivity index (χ1v) is 3.06. The van der Waals surface area contributed by atoms with Crippen molar-refractivity contribution in [1.82, 2.24) is 0 Å². The topological polar surface area (TPSA) is 46.5 Å². The number of carbonyl (C=O) groups excluding carboxylic acids is 1. The molecule has 58 valence electrons. The summed E-state index contributed by atoms with van der Waals surface area (Å²) >= 11 is 0. The first kappa shape index (κ1) is 9.17. The van der Waals surface area contributed by atoms with Gasteiger partial charge in [0.15, 0.2) is 0 Å². The zero-order valence-corrected chi connectivity index (χ0v) is 6.26. The van der Waals surface area contributed by atoms with E-state index in [1.165, 1.54) is 6.92 Å². The van der Waals surface area contributed by atoms with Crippen molar-refractivity contribution in [3.8, 4) is 0 Å². The minimum absolute atomic E-state index is 0.0151. The summed E-state index contributed by atoms with van der Waals surface area (Å²) in [4.78, 5) is 10.2. The summed E-state index contributed by atoms with van der Waals surface area (Å²) in [5.41, 5.74) is 0.807. The lowest BCUT2D eigenvalue weighted by atomic mass is 10.3. The van der Waals surface area contributed by atoms with Gasteiger partial charge in [0.05, 0.1) is 6.61 Å². The lowest BCUT2D eigenvalue weighted by Gasteiger charge is -1.96. The van der Waals surface area contributed by atoms with E-state index in [9.17, 15) is 4.79 Å². The second-order valence-corrected chi connectivity index (χ2v) is 2.01. The van der Waals surface area contributed by atoms with Crippen LogP contribution in [-0.4, -0.2) is 24.3 Å². The fourth-order valence-electron chi connectivity index (χ4n) is 0.366. The molecule has 0 radical (unpaired) electrons. The molecule has 0 aromatic carbocycles. The Hall–Kier alpha value is -0.830. The molecule has 0 heterocycles. The van der Waals surface area contributed by atoms with Gasteiger partial charge in [-0.2, -0.15) is 0 Å². The standard InChI is InChI=1S/C7H12O3/c1-6(5-8)3-4-10-7(2)9/h3,8H,4-5H2,1-2H3/b6-3+. The van der Waals surface area contributed by atoms with Crippen LogP contribution in [0.1, 0.15) is 13.8 Å². The molecular formula is C7H12O3. The number of hydrogen-bond donors (Lipinski definition) is 1. The van der Waals surface area contributed by atoms with Crippen LogP contribution in [0.5, 0.6) is 0 Å². The summed E-state index contributed by atoms with van der Waals surface area (Å²) in [7, 11) is 0. The SMILES string of the molecule is CC(=O)OC/C=C(\C)CO. The third kappa shape index (κ3) is 5.31. The first-order chi connectivity index (χ1) is 4.66. The van der Waals surface area contributed by atoms with E-state index >= 15 is 0 Å². The minimum atomic E-state index is -0.304. The average Bonchev–Trinajstić information content (AvgIpc) is 1.87. The number of rotatable bonds is 3. The maximum Gasteiger partial charge on any atom is 0.302 e. The molecule has 0 spiro atoms. The van der Waals surface area contributed by atoms with Crippen LogP contribution in [0.4, 0.5) is 0 Å². The van der Waals surface area contributed by atoms with Gasteiger partial charge in [0.2, 0.25) is 0 Å². The van der Waals surface area contributed by atoms with Gasteiger partial charge < -0.3 is 9.84 Å². The Morgan fingerprint density at radius 2 is 2.20 bits per heavy atom. The Bertz CT molecular complexity index is 138. The Balaban J connectivity index is 3.43. The normalized spacial score (nSPS) is 11.3. The van der Waals surface area contributed by atoms with E-state index in [1.54, 1.807) is 13.0 Å². The highest BCUT2D eigenvalue weighted by molar-refractivity contribution is 5.65. The Labute approximate surface area is 60.3 Å². The average molecular weight is 144 g/mol. The van der Waals surface area contributed by atoms with Crippen molar-refractivity contribution in [2.24, 2.45) is 0 Å². The van der Waals surface area contributed by atoms with E-state index in [1.807, 2.05) is 0 Å². The summed E-state index contributed by atoms with van der Waals surface area (Å²) in [6, 6.07) is 0. The van der Waals surface area contributed by atoms with E-state index < -0.39 is 0 Å². The number of aliphatic hydroxyl groups is 1. The molecule has 0 unspecified atom stereocenters. The van der Waals surface area contributed by atoms with Gasteiger partial charge in [0.25, 0.3) is 0 Å². The summed E-state index contributed by atoms with van der Waals surface area (Å²) in [6.45, 7) is 3.38. The van der Waals surface area contributed by atoms with Gasteiger partial charge in [-0.1, -0.05) is 0 Å². The van der Waals surface area contributed by atoms with Crippen LogP contribution in [0.3, 0.4) is 0 Å². The van der Waals surface area contributed by atoms with Crippen molar-refractivity contribution < 1.29 is 14.6 Å². The van der Waals surface area contributed by atoms with Crippen molar-refractivity contribution >= 4 is 5.97 Å². The lowest BCUT2D eigenvalue weighted by molar-refractivity contribution is -0.139. The Kier molecular flexibility index (Phi) is 4.58. The molecule has 0 aliphatic rings. The van der Waals surface area contributed by atoms with Crippen molar-refractivity contribution in [2.75, 3.05) is 13.2 Å². The predicted octanol–water partition coefficient (Wildman–Crippen LogP) is 0.488. The third-order valence-corrected chi connectivity index (χ3v) is 0.968. The van der Waals surface area contributed by atoms with Crippen LogP contribution in [0.15, 0.2) is 11.6 Å². The summed E-state index contributed by atoms with van der Waals surface area (Å²) in [5, 5.41) is 8.49. The fourth-order valence-corrected chi connectivity index (χ4v) is 0.366. The molecule has 3 nitrogen and oxygen atoms in total. The van der Waals surface area contributed by atoms with Crippen LogP contribution in [-0.2, 0) is 9.53 Å². The Morgan fingerprint density at radius 1 is 1.60 bits per heavy atom. The maximum atomic E-state index is 10.2. The molecule has 0 atom stereocenters. The highest BCUT2D eigenvalue weighted by Crippen LogP contribution is 1.89. The zero-order valence-electron chi connectivity index (χ0n) is 6.26. The highest BCUT2D eigenvalue weighted by Gasteiger charge is 1.88. The van der Waals surface area contributed by atoms with Crippen LogP contribution < -0.4 is 0 Å². The molecular weight excluding hydrogens is 132 g/mol. The van der Waals surface area contributed by atoms with Crippen molar-refractivity contribution in [1.29, 1.82) is 0 Å². The van der Waals surface area contributed by atoms with E-state index in [0.717, 1.165) is 5.57 Å². The molecule has 0 amide bonds. The van der Waals surface area contributed by atoms with Crippen LogP contribution >= 0.6 is 0 Å². The van der Waals surface area contributed by atoms with Gasteiger partial charge in [0.1, 0.15) is 6.61 Å². The first-order valence-electron chi connectivity index (χ1n) is 3.06. The molecule has 0 saturated carbocycles. The van der Waals surface area contributed by atoms with Gasteiger partial charge in [0, 0.05) is 6.92 Å². The number of ether oxygens (including phenoxy) is 1. The van der Waals surface area contributed by atoms with Gasteiger partial charge in [-0.3, -0.25) is 4.79 Å². The maximum absolute atomic E-state index is 10.2. The molecule has 0 rings (SSSR count). The molecule has 1 N–H and O–H groups in total. The Morgan fingerprint density at radius 3 is 2.60 bits per heavy atom.